The van der Waals surface area contributed by atoms with Crippen molar-refractivity contribution >= 4 is 0 Å². The van der Waals surface area contributed by atoms with Gasteiger partial charge in [0.1, 0.15) is 0 Å². The quantitative estimate of drug-likeness (QED) is 0.521. The van der Waals surface area contributed by atoms with Crippen LogP contribution >= 0.6 is 0 Å². The minimum absolute atomic E-state index is 0.910. The van der Waals surface area contributed by atoms with Crippen LogP contribution in [0.15, 0.2) is 24.9 Å². The largest absolute Gasteiger partial charge is 0.326 e. The van der Waals surface area contributed by atoms with Crippen molar-refractivity contribution in [3.63, 3.8) is 0 Å². The van der Waals surface area contributed by atoms with E-state index in [1.165, 1.54) is 0 Å². The topological polar surface area (TPSA) is 15.3 Å². The highest BCUT2D eigenvalue weighted by molar-refractivity contribution is 4.90. The molecule has 0 atom stereocenters. The molecule has 0 fully saturated rings. The van der Waals surface area contributed by atoms with Gasteiger partial charge in [0, 0.05) is 19.3 Å². The van der Waals surface area contributed by atoms with E-state index in [1.54, 1.807) is 0 Å². The minimum Gasteiger partial charge on any atom is -0.326 e. The van der Waals surface area contributed by atoms with Crippen LogP contribution < -0.4 is 5.43 Å². The van der Waals surface area contributed by atoms with Crippen LogP contribution in [0.3, 0.4) is 0 Å². The predicted octanol–water partition coefficient (Wildman–Crippen LogP) is 0.506. The first-order valence-electron chi connectivity index (χ1n) is 2.70. The molecule has 2 nitrogen and oxygen atoms in total. The summed E-state index contributed by atoms with van der Waals surface area (Å²) in [6, 6.07) is 0. The minimum atomic E-state index is 0.910. The van der Waals surface area contributed by atoms with Crippen LogP contribution in [0, 0.1) is 0 Å². The van der Waals surface area contributed by atoms with E-state index in [9.17, 15) is 0 Å². The molecule has 0 bridgehead atoms. The number of hydrogen-bond donors (Lipinski definition) is 1. The van der Waals surface area contributed by atoms with Gasteiger partial charge in [0.15, 0.2) is 0 Å². The molecule has 44 valence electrons. The summed E-state index contributed by atoms with van der Waals surface area (Å²) in [6.45, 7) is 5.52. The fourth-order valence-corrected chi connectivity index (χ4v) is 0.674. The Balaban J connectivity index is 2.19. The maximum absolute atomic E-state index is 3.61. The summed E-state index contributed by atoms with van der Waals surface area (Å²) >= 11 is 0. The van der Waals surface area contributed by atoms with E-state index in [-0.39, 0.29) is 0 Å². The summed E-state index contributed by atoms with van der Waals surface area (Å²) in [7, 11) is 0. The van der Waals surface area contributed by atoms with Crippen LogP contribution in [-0.4, -0.2) is 18.1 Å². The van der Waals surface area contributed by atoms with Crippen LogP contribution in [0.25, 0.3) is 0 Å². The first-order valence-corrected chi connectivity index (χ1v) is 2.70. The third kappa shape index (κ3) is 1.10. The molecule has 0 aromatic heterocycles. The highest BCUT2D eigenvalue weighted by Crippen LogP contribution is 1.89. The van der Waals surface area contributed by atoms with Gasteiger partial charge in [-0.1, -0.05) is 12.2 Å². The average molecular weight is 110 g/mol. The molecule has 1 rings (SSSR count). The smallest absolute Gasteiger partial charge is 0.0380 e. The van der Waals surface area contributed by atoms with E-state index in [4.69, 9.17) is 0 Å². The fraction of sp³-hybridized carbons (Fsp3) is 0.333. The van der Waals surface area contributed by atoms with Crippen molar-refractivity contribution in [2.75, 3.05) is 13.1 Å². The van der Waals surface area contributed by atoms with Crippen LogP contribution in [0.1, 0.15) is 0 Å². The standard InChI is InChI=1S/C6H10N2/c1-2-5-8-6-3-4-7-8/h2-4,7H,1,5-6H2. The average Bonchev–Trinajstić information content (AvgIpc) is 2.19. The van der Waals surface area contributed by atoms with Gasteiger partial charge in [0.25, 0.3) is 0 Å². The third-order valence-electron chi connectivity index (χ3n) is 1.05. The van der Waals surface area contributed by atoms with E-state index in [0.29, 0.717) is 0 Å². The van der Waals surface area contributed by atoms with Crippen molar-refractivity contribution < 1.29 is 0 Å². The molecular formula is C6H10N2. The monoisotopic (exact) mass is 110 g/mol. The Labute approximate surface area is 49.5 Å². The van der Waals surface area contributed by atoms with E-state index in [1.807, 2.05) is 12.3 Å². The highest BCUT2D eigenvalue weighted by Gasteiger charge is 1.99. The van der Waals surface area contributed by atoms with Gasteiger partial charge in [0.05, 0.1) is 0 Å². The number of nitrogens with zero attached hydrogens (tertiary/aromatic N) is 1. The van der Waals surface area contributed by atoms with Crippen molar-refractivity contribution in [2.24, 2.45) is 0 Å². The van der Waals surface area contributed by atoms with Gasteiger partial charge < -0.3 is 5.43 Å². The van der Waals surface area contributed by atoms with Crippen molar-refractivity contribution in [1.29, 1.82) is 0 Å². The van der Waals surface area contributed by atoms with Crippen LogP contribution in [0.2, 0.25) is 0 Å². The normalized spacial score (nSPS) is 18.5. The molecule has 0 saturated heterocycles. The Morgan fingerprint density at radius 3 is 3.25 bits per heavy atom. The molecule has 1 aliphatic rings. The van der Waals surface area contributed by atoms with Crippen molar-refractivity contribution in [2.45, 2.75) is 0 Å². The fourth-order valence-electron chi connectivity index (χ4n) is 0.674. The highest BCUT2D eigenvalue weighted by atomic mass is 15.5. The summed E-state index contributed by atoms with van der Waals surface area (Å²) in [6.07, 6.45) is 5.88. The lowest BCUT2D eigenvalue weighted by molar-refractivity contribution is 0.297. The van der Waals surface area contributed by atoms with Crippen molar-refractivity contribution in [3.05, 3.63) is 24.9 Å². The Kier molecular flexibility index (Phi) is 1.70. The molecule has 0 aromatic rings. The van der Waals surface area contributed by atoms with E-state index < -0.39 is 0 Å². The Bertz CT molecular complexity index is 99.1. The van der Waals surface area contributed by atoms with Crippen LogP contribution in [0.4, 0.5) is 0 Å². The van der Waals surface area contributed by atoms with Crippen LogP contribution in [0.5, 0.6) is 0 Å². The van der Waals surface area contributed by atoms with E-state index >= 15 is 0 Å². The van der Waals surface area contributed by atoms with Gasteiger partial charge in [-0.3, -0.25) is 0 Å². The van der Waals surface area contributed by atoms with Gasteiger partial charge in [-0.15, -0.1) is 6.58 Å². The molecule has 0 aromatic carbocycles. The van der Waals surface area contributed by atoms with Gasteiger partial charge in [0.2, 0.25) is 0 Å². The molecule has 2 heteroatoms. The molecule has 0 spiro atoms. The molecule has 1 heterocycles. The molecule has 1 N–H and O–H groups in total. The van der Waals surface area contributed by atoms with Crippen LogP contribution in [-0.2, 0) is 0 Å². The Hall–Kier alpha value is -0.760. The summed E-state index contributed by atoms with van der Waals surface area (Å²) in [4.78, 5) is 0. The molecule has 0 unspecified atom stereocenters. The third-order valence-corrected chi connectivity index (χ3v) is 1.05. The lowest BCUT2D eigenvalue weighted by Crippen LogP contribution is -2.29. The predicted molar refractivity (Wildman–Crippen MR) is 34.0 cm³/mol. The van der Waals surface area contributed by atoms with Gasteiger partial charge >= 0.3 is 0 Å². The summed E-state index contributed by atoms with van der Waals surface area (Å²) in [5.74, 6) is 0. The second kappa shape index (κ2) is 2.52. The Morgan fingerprint density at radius 1 is 1.88 bits per heavy atom. The van der Waals surface area contributed by atoms with Gasteiger partial charge in [-0.05, 0) is 0 Å². The molecule has 0 amide bonds. The number of hydrazine groups is 1. The lowest BCUT2D eigenvalue weighted by Gasteiger charge is -2.11. The molecule has 1 aliphatic heterocycles. The summed E-state index contributed by atoms with van der Waals surface area (Å²) in [5, 5.41) is 2.06. The molecule has 0 aliphatic carbocycles. The Morgan fingerprint density at radius 2 is 2.75 bits per heavy atom. The second-order valence-electron chi connectivity index (χ2n) is 1.73. The number of hydrogen-bond acceptors (Lipinski definition) is 2. The zero-order valence-electron chi connectivity index (χ0n) is 4.80. The van der Waals surface area contributed by atoms with Gasteiger partial charge in [-0.2, -0.15) is 0 Å². The van der Waals surface area contributed by atoms with E-state index in [2.05, 4.69) is 23.1 Å². The molecule has 0 saturated carbocycles. The molecular weight excluding hydrogens is 100 g/mol. The SMILES string of the molecule is C=CCN1CC=CN1. The van der Waals surface area contributed by atoms with Crippen molar-refractivity contribution in [1.82, 2.24) is 10.4 Å². The summed E-state index contributed by atoms with van der Waals surface area (Å²) in [5.41, 5.74) is 3.04. The lowest BCUT2D eigenvalue weighted by atomic mass is 10.5. The zero-order chi connectivity index (χ0) is 5.82. The second-order valence-corrected chi connectivity index (χ2v) is 1.73. The summed E-state index contributed by atoms with van der Waals surface area (Å²) < 4.78 is 0. The maximum Gasteiger partial charge on any atom is 0.0380 e. The van der Waals surface area contributed by atoms with Crippen molar-refractivity contribution in [3.8, 4) is 0 Å². The first-order chi connectivity index (χ1) is 3.93. The zero-order valence-corrected chi connectivity index (χ0v) is 4.80. The number of rotatable bonds is 2. The maximum atomic E-state index is 3.61. The molecule has 0 radical (unpaired) electrons. The first kappa shape index (κ1) is 5.38. The number of nitrogens with one attached hydrogen (secondary N) is 1. The van der Waals surface area contributed by atoms with E-state index in [0.717, 1.165) is 13.1 Å². The molecule has 8 heavy (non-hydrogen) atoms. The van der Waals surface area contributed by atoms with Gasteiger partial charge in [-0.25, -0.2) is 5.01 Å².